The molecule has 0 aliphatic rings. The number of hydrogen-bond donors (Lipinski definition) is 1. The summed E-state index contributed by atoms with van der Waals surface area (Å²) in [4.78, 5) is 2.42. The van der Waals surface area contributed by atoms with Crippen molar-refractivity contribution in [2.75, 3.05) is 0 Å². The van der Waals surface area contributed by atoms with Crippen molar-refractivity contribution in [3.63, 3.8) is 0 Å². The third-order valence-electron chi connectivity index (χ3n) is 2.89. The highest BCUT2D eigenvalue weighted by atomic mass is 35.5. The summed E-state index contributed by atoms with van der Waals surface area (Å²) < 4.78 is 0. The van der Waals surface area contributed by atoms with Crippen molar-refractivity contribution in [3.8, 4) is 0 Å². The Balaban J connectivity index is 2.19. The van der Waals surface area contributed by atoms with Crippen LogP contribution in [0.5, 0.6) is 0 Å². The molecular formula is C16H18ClNS. The summed E-state index contributed by atoms with van der Waals surface area (Å²) in [6, 6.07) is 14.7. The average Bonchev–Trinajstić information content (AvgIpc) is 2.35. The molecule has 3 heteroatoms. The average molecular weight is 292 g/mol. The zero-order chi connectivity index (χ0) is 13.8. The molecule has 1 unspecified atom stereocenters. The minimum absolute atomic E-state index is 0.132. The van der Waals surface area contributed by atoms with Crippen molar-refractivity contribution >= 4 is 23.4 Å². The number of rotatable bonds is 4. The largest absolute Gasteiger partial charge is 0.328 e. The van der Waals surface area contributed by atoms with Gasteiger partial charge in [-0.05, 0) is 49.6 Å². The van der Waals surface area contributed by atoms with Gasteiger partial charge in [-0.25, -0.2) is 0 Å². The Labute approximate surface area is 124 Å². The maximum Gasteiger partial charge on any atom is 0.0449 e. The number of benzene rings is 2. The van der Waals surface area contributed by atoms with E-state index in [1.54, 1.807) is 11.8 Å². The lowest BCUT2D eigenvalue weighted by molar-refractivity contribution is 0.738. The molecule has 0 aliphatic carbocycles. The Kier molecular flexibility index (Phi) is 4.92. The van der Waals surface area contributed by atoms with Crippen LogP contribution in [0.15, 0.2) is 52.3 Å². The van der Waals surface area contributed by atoms with Crippen LogP contribution in [0.3, 0.4) is 0 Å². The number of nitrogens with two attached hydrogens (primary N) is 1. The molecule has 0 radical (unpaired) electrons. The predicted octanol–water partition coefficient (Wildman–Crippen LogP) is 4.69. The molecule has 1 nitrogen and oxygen atoms in total. The van der Waals surface area contributed by atoms with E-state index in [9.17, 15) is 0 Å². The van der Waals surface area contributed by atoms with E-state index >= 15 is 0 Å². The highest BCUT2D eigenvalue weighted by molar-refractivity contribution is 7.99. The summed E-state index contributed by atoms with van der Waals surface area (Å²) in [6.07, 6.45) is 0.814. The summed E-state index contributed by atoms with van der Waals surface area (Å²) in [5.74, 6) is 0. The van der Waals surface area contributed by atoms with Crippen molar-refractivity contribution < 1.29 is 0 Å². The monoisotopic (exact) mass is 291 g/mol. The van der Waals surface area contributed by atoms with Gasteiger partial charge in [0, 0.05) is 20.9 Å². The van der Waals surface area contributed by atoms with Crippen molar-refractivity contribution in [2.24, 2.45) is 5.73 Å². The summed E-state index contributed by atoms with van der Waals surface area (Å²) in [5, 5.41) is 0.802. The number of aryl methyl sites for hydroxylation is 1. The topological polar surface area (TPSA) is 26.0 Å². The molecule has 2 aromatic rings. The van der Waals surface area contributed by atoms with E-state index < -0.39 is 0 Å². The minimum atomic E-state index is 0.132. The maximum absolute atomic E-state index is 6.31. The molecule has 0 amide bonds. The molecule has 0 spiro atoms. The molecule has 2 aromatic carbocycles. The Morgan fingerprint density at radius 2 is 1.95 bits per heavy atom. The third-order valence-corrected chi connectivity index (χ3v) is 4.41. The van der Waals surface area contributed by atoms with E-state index in [-0.39, 0.29) is 6.04 Å². The van der Waals surface area contributed by atoms with Crippen LogP contribution in [0.2, 0.25) is 5.02 Å². The van der Waals surface area contributed by atoms with Gasteiger partial charge in [-0.1, -0.05) is 47.6 Å². The zero-order valence-corrected chi connectivity index (χ0v) is 12.8. The van der Waals surface area contributed by atoms with Crippen molar-refractivity contribution in [1.82, 2.24) is 0 Å². The molecule has 0 saturated carbocycles. The molecule has 0 fully saturated rings. The molecule has 2 rings (SSSR count). The van der Waals surface area contributed by atoms with E-state index in [4.69, 9.17) is 17.3 Å². The van der Waals surface area contributed by atoms with Crippen molar-refractivity contribution in [2.45, 2.75) is 36.1 Å². The summed E-state index contributed by atoms with van der Waals surface area (Å²) >= 11 is 8.05. The molecule has 0 bridgehead atoms. The van der Waals surface area contributed by atoms with Crippen LogP contribution in [0.1, 0.15) is 18.1 Å². The van der Waals surface area contributed by atoms with E-state index in [1.807, 2.05) is 13.0 Å². The van der Waals surface area contributed by atoms with Crippen molar-refractivity contribution in [3.05, 3.63) is 58.6 Å². The Hall–Kier alpha value is -0.960. The van der Waals surface area contributed by atoms with E-state index in [1.165, 1.54) is 10.5 Å². The van der Waals surface area contributed by atoms with Gasteiger partial charge in [-0.2, -0.15) is 0 Å². The van der Waals surface area contributed by atoms with Gasteiger partial charge in [0.2, 0.25) is 0 Å². The lowest BCUT2D eigenvalue weighted by Crippen LogP contribution is -2.17. The van der Waals surface area contributed by atoms with Gasteiger partial charge in [0.15, 0.2) is 0 Å². The molecule has 100 valence electrons. The molecule has 0 aromatic heterocycles. The van der Waals surface area contributed by atoms with Gasteiger partial charge < -0.3 is 5.73 Å². The number of hydrogen-bond acceptors (Lipinski definition) is 2. The van der Waals surface area contributed by atoms with Gasteiger partial charge in [0.25, 0.3) is 0 Å². The van der Waals surface area contributed by atoms with Crippen LogP contribution in [0.25, 0.3) is 0 Å². The quantitative estimate of drug-likeness (QED) is 0.884. The molecule has 0 saturated heterocycles. The standard InChI is InChI=1S/C16H18ClNS/c1-11-5-3-4-6-16(11)19-14-8-7-13(9-12(2)18)15(17)10-14/h3-8,10,12H,9,18H2,1-2H3. The van der Waals surface area contributed by atoms with Gasteiger partial charge in [0.05, 0.1) is 0 Å². The van der Waals surface area contributed by atoms with Crippen LogP contribution in [-0.2, 0) is 6.42 Å². The van der Waals surface area contributed by atoms with Gasteiger partial charge >= 0.3 is 0 Å². The van der Waals surface area contributed by atoms with Crippen LogP contribution < -0.4 is 5.73 Å². The second-order valence-corrected chi connectivity index (χ2v) is 6.32. The van der Waals surface area contributed by atoms with Crippen LogP contribution in [0, 0.1) is 6.92 Å². The normalized spacial score (nSPS) is 12.4. The van der Waals surface area contributed by atoms with E-state index in [2.05, 4.69) is 43.3 Å². The van der Waals surface area contributed by atoms with Crippen LogP contribution in [0.4, 0.5) is 0 Å². The molecule has 0 aliphatic heterocycles. The molecule has 2 N–H and O–H groups in total. The Bertz CT molecular complexity index is 566. The first-order valence-electron chi connectivity index (χ1n) is 6.34. The number of halogens is 1. The van der Waals surface area contributed by atoms with Crippen LogP contribution >= 0.6 is 23.4 Å². The highest BCUT2D eigenvalue weighted by Gasteiger charge is 2.06. The fourth-order valence-electron chi connectivity index (χ4n) is 1.90. The molecule has 1 atom stereocenters. The fourth-order valence-corrected chi connectivity index (χ4v) is 3.17. The molecular weight excluding hydrogens is 274 g/mol. The first-order chi connectivity index (χ1) is 9.06. The van der Waals surface area contributed by atoms with Gasteiger partial charge in [-0.3, -0.25) is 0 Å². The first-order valence-corrected chi connectivity index (χ1v) is 7.53. The summed E-state index contributed by atoms with van der Waals surface area (Å²) in [6.45, 7) is 4.11. The summed E-state index contributed by atoms with van der Waals surface area (Å²) in [7, 11) is 0. The lowest BCUT2D eigenvalue weighted by Gasteiger charge is -2.10. The molecule has 0 heterocycles. The smallest absolute Gasteiger partial charge is 0.0449 e. The summed E-state index contributed by atoms with van der Waals surface area (Å²) in [5.41, 5.74) is 8.21. The maximum atomic E-state index is 6.31. The van der Waals surface area contributed by atoms with Crippen LogP contribution in [-0.4, -0.2) is 6.04 Å². The zero-order valence-electron chi connectivity index (χ0n) is 11.2. The van der Waals surface area contributed by atoms with Gasteiger partial charge in [0.1, 0.15) is 0 Å². The fraction of sp³-hybridized carbons (Fsp3) is 0.250. The van der Waals surface area contributed by atoms with Gasteiger partial charge in [-0.15, -0.1) is 0 Å². The second kappa shape index (κ2) is 6.47. The van der Waals surface area contributed by atoms with E-state index in [0.29, 0.717) is 0 Å². The highest BCUT2D eigenvalue weighted by Crippen LogP contribution is 2.32. The minimum Gasteiger partial charge on any atom is -0.328 e. The van der Waals surface area contributed by atoms with Crippen molar-refractivity contribution in [1.29, 1.82) is 0 Å². The Morgan fingerprint density at radius 1 is 1.21 bits per heavy atom. The second-order valence-electron chi connectivity index (χ2n) is 4.80. The SMILES string of the molecule is Cc1ccccc1Sc1ccc(CC(C)N)c(Cl)c1. The van der Waals surface area contributed by atoms with E-state index in [0.717, 1.165) is 21.9 Å². The molecule has 19 heavy (non-hydrogen) atoms. The first kappa shape index (κ1) is 14.4. The third kappa shape index (κ3) is 4.00. The lowest BCUT2D eigenvalue weighted by atomic mass is 10.1. The Morgan fingerprint density at radius 3 is 2.58 bits per heavy atom. The predicted molar refractivity (Wildman–Crippen MR) is 84.1 cm³/mol.